The number of benzene rings is 2. The van der Waals surface area contributed by atoms with Crippen LogP contribution in [-0.2, 0) is 6.42 Å². The van der Waals surface area contributed by atoms with Gasteiger partial charge in [-0.05, 0) is 61.7 Å². The minimum Gasteiger partial charge on any atom is -0.393 e. The number of hydrogen-bond acceptors (Lipinski definition) is 6. The molecule has 0 bridgehead atoms. The fraction of sp³-hybridized carbons (Fsp3) is 0.227. The standard InChI is InChI=1S/C22H25N5O/c1-3-4-5-16-6-10-18(11-7-16)26-21-20(23)22(25-14-24-21)27-19-12-8-17(9-13-19)15(2)28/h6-14H,3-5,23H2,1-2H3,(H2,24,25,26,27). The van der Waals surface area contributed by atoms with Gasteiger partial charge in [-0.25, -0.2) is 9.97 Å². The second-order valence-corrected chi connectivity index (χ2v) is 6.67. The van der Waals surface area contributed by atoms with Gasteiger partial charge in [0.25, 0.3) is 0 Å². The third-order valence-corrected chi connectivity index (χ3v) is 4.47. The van der Waals surface area contributed by atoms with E-state index in [1.54, 1.807) is 19.1 Å². The Morgan fingerprint density at radius 3 is 1.96 bits per heavy atom. The van der Waals surface area contributed by atoms with Crippen molar-refractivity contribution in [3.63, 3.8) is 0 Å². The van der Waals surface area contributed by atoms with Crippen molar-refractivity contribution >= 4 is 34.5 Å². The topological polar surface area (TPSA) is 92.9 Å². The number of unbranched alkanes of at least 4 members (excludes halogenated alkanes) is 1. The van der Waals surface area contributed by atoms with Gasteiger partial charge < -0.3 is 16.4 Å². The van der Waals surface area contributed by atoms with Gasteiger partial charge in [-0.15, -0.1) is 0 Å². The van der Waals surface area contributed by atoms with Crippen molar-refractivity contribution in [1.82, 2.24) is 9.97 Å². The van der Waals surface area contributed by atoms with E-state index in [4.69, 9.17) is 5.73 Å². The molecular formula is C22H25N5O. The van der Waals surface area contributed by atoms with Gasteiger partial charge in [0.2, 0.25) is 0 Å². The first kappa shape index (κ1) is 19.4. The summed E-state index contributed by atoms with van der Waals surface area (Å²) in [5.41, 5.74) is 10.4. The molecule has 0 spiro atoms. The van der Waals surface area contributed by atoms with Crippen LogP contribution in [0.25, 0.3) is 0 Å². The average molecular weight is 375 g/mol. The van der Waals surface area contributed by atoms with Crippen LogP contribution in [0.1, 0.15) is 42.6 Å². The minimum absolute atomic E-state index is 0.0281. The summed E-state index contributed by atoms with van der Waals surface area (Å²) in [5.74, 6) is 1.08. The molecule has 6 heteroatoms. The summed E-state index contributed by atoms with van der Waals surface area (Å²) in [5, 5.41) is 6.41. The third-order valence-electron chi connectivity index (χ3n) is 4.47. The summed E-state index contributed by atoms with van der Waals surface area (Å²) >= 11 is 0. The van der Waals surface area contributed by atoms with E-state index in [1.807, 2.05) is 24.3 Å². The SMILES string of the molecule is CCCCc1ccc(Nc2ncnc(Nc3ccc(C(C)=O)cc3)c2N)cc1. The second-order valence-electron chi connectivity index (χ2n) is 6.67. The molecule has 0 aliphatic heterocycles. The highest BCUT2D eigenvalue weighted by Crippen LogP contribution is 2.28. The van der Waals surface area contributed by atoms with Crippen LogP contribution >= 0.6 is 0 Å². The number of carbonyl (C=O) groups excluding carboxylic acids is 1. The number of nitrogens with one attached hydrogen (secondary N) is 2. The molecule has 3 aromatic rings. The highest BCUT2D eigenvalue weighted by atomic mass is 16.1. The van der Waals surface area contributed by atoms with E-state index in [2.05, 4.69) is 39.7 Å². The first-order chi connectivity index (χ1) is 13.6. The lowest BCUT2D eigenvalue weighted by atomic mass is 10.1. The van der Waals surface area contributed by atoms with E-state index in [9.17, 15) is 4.79 Å². The summed E-state index contributed by atoms with van der Waals surface area (Å²) in [6, 6.07) is 15.5. The summed E-state index contributed by atoms with van der Waals surface area (Å²) in [6.07, 6.45) is 4.92. The van der Waals surface area contributed by atoms with Crippen LogP contribution < -0.4 is 16.4 Å². The number of hydrogen-bond donors (Lipinski definition) is 3. The average Bonchev–Trinajstić information content (AvgIpc) is 2.71. The van der Waals surface area contributed by atoms with Crippen molar-refractivity contribution < 1.29 is 4.79 Å². The second kappa shape index (κ2) is 8.99. The molecule has 0 unspecified atom stereocenters. The molecule has 0 fully saturated rings. The Bertz CT molecular complexity index is 936. The first-order valence-electron chi connectivity index (χ1n) is 9.41. The van der Waals surface area contributed by atoms with Gasteiger partial charge in [0.15, 0.2) is 17.4 Å². The Kier molecular flexibility index (Phi) is 6.22. The van der Waals surface area contributed by atoms with Crippen LogP contribution in [0.15, 0.2) is 54.9 Å². The zero-order valence-corrected chi connectivity index (χ0v) is 16.2. The lowest BCUT2D eigenvalue weighted by Crippen LogP contribution is -2.05. The monoisotopic (exact) mass is 375 g/mol. The Hall–Kier alpha value is -3.41. The van der Waals surface area contributed by atoms with Gasteiger partial charge in [0, 0.05) is 16.9 Å². The van der Waals surface area contributed by atoms with Gasteiger partial charge in [0.05, 0.1) is 0 Å². The lowest BCUT2D eigenvalue weighted by Gasteiger charge is -2.13. The molecule has 0 atom stereocenters. The quantitative estimate of drug-likeness (QED) is 0.475. The van der Waals surface area contributed by atoms with Gasteiger partial charge >= 0.3 is 0 Å². The van der Waals surface area contributed by atoms with Crippen molar-refractivity contribution in [1.29, 1.82) is 0 Å². The van der Waals surface area contributed by atoms with Gasteiger partial charge in [-0.1, -0.05) is 25.5 Å². The number of ketones is 1. The van der Waals surface area contributed by atoms with Gasteiger partial charge in [0.1, 0.15) is 12.0 Å². The zero-order valence-electron chi connectivity index (χ0n) is 16.2. The van der Waals surface area contributed by atoms with E-state index >= 15 is 0 Å². The number of anilines is 5. The summed E-state index contributed by atoms with van der Waals surface area (Å²) < 4.78 is 0. The molecule has 1 aromatic heterocycles. The molecule has 28 heavy (non-hydrogen) atoms. The van der Waals surface area contributed by atoms with Crippen molar-refractivity contribution in [3.05, 3.63) is 66.0 Å². The number of aryl methyl sites for hydroxylation is 1. The maximum atomic E-state index is 11.4. The third kappa shape index (κ3) is 4.85. The fourth-order valence-corrected chi connectivity index (χ4v) is 2.79. The number of Topliss-reactive ketones (excluding diaryl/α,β-unsaturated/α-hetero) is 1. The predicted molar refractivity (Wildman–Crippen MR) is 115 cm³/mol. The van der Waals surface area contributed by atoms with E-state index in [1.165, 1.54) is 24.7 Å². The predicted octanol–water partition coefficient (Wildman–Crippen LogP) is 5.09. The van der Waals surface area contributed by atoms with E-state index in [0.29, 0.717) is 22.9 Å². The molecule has 0 saturated carbocycles. The fourth-order valence-electron chi connectivity index (χ4n) is 2.79. The van der Waals surface area contributed by atoms with Crippen LogP contribution in [-0.4, -0.2) is 15.8 Å². The van der Waals surface area contributed by atoms with Crippen LogP contribution in [0.5, 0.6) is 0 Å². The molecule has 144 valence electrons. The first-order valence-corrected chi connectivity index (χ1v) is 9.41. The Morgan fingerprint density at radius 1 is 0.929 bits per heavy atom. The van der Waals surface area contributed by atoms with Gasteiger partial charge in [-0.3, -0.25) is 4.79 Å². The molecule has 4 N–H and O–H groups in total. The zero-order chi connectivity index (χ0) is 19.9. The van der Waals surface area contributed by atoms with Crippen LogP contribution in [0, 0.1) is 0 Å². The Balaban J connectivity index is 1.72. The molecule has 2 aromatic carbocycles. The number of nitrogens with two attached hydrogens (primary N) is 1. The van der Waals surface area contributed by atoms with Crippen molar-refractivity contribution in [3.8, 4) is 0 Å². The minimum atomic E-state index is 0.0281. The smallest absolute Gasteiger partial charge is 0.159 e. The van der Waals surface area contributed by atoms with E-state index in [0.717, 1.165) is 17.8 Å². The molecule has 6 nitrogen and oxygen atoms in total. The Labute approximate surface area is 165 Å². The molecular weight excluding hydrogens is 350 g/mol. The molecule has 0 radical (unpaired) electrons. The van der Waals surface area contributed by atoms with Crippen LogP contribution in [0.3, 0.4) is 0 Å². The summed E-state index contributed by atoms with van der Waals surface area (Å²) in [4.78, 5) is 19.9. The van der Waals surface area contributed by atoms with Crippen molar-refractivity contribution in [2.24, 2.45) is 0 Å². The molecule has 0 aliphatic rings. The van der Waals surface area contributed by atoms with E-state index in [-0.39, 0.29) is 5.78 Å². The Morgan fingerprint density at radius 2 is 1.46 bits per heavy atom. The van der Waals surface area contributed by atoms with Crippen LogP contribution in [0.4, 0.5) is 28.7 Å². The van der Waals surface area contributed by atoms with Crippen LogP contribution in [0.2, 0.25) is 0 Å². The van der Waals surface area contributed by atoms with Gasteiger partial charge in [-0.2, -0.15) is 0 Å². The number of rotatable bonds is 8. The number of nitrogens with zero attached hydrogens (tertiary/aromatic N) is 2. The molecule has 0 amide bonds. The lowest BCUT2D eigenvalue weighted by molar-refractivity contribution is 0.101. The molecule has 3 rings (SSSR count). The summed E-state index contributed by atoms with van der Waals surface area (Å²) in [7, 11) is 0. The van der Waals surface area contributed by atoms with Crippen molar-refractivity contribution in [2.75, 3.05) is 16.4 Å². The molecule has 0 saturated heterocycles. The summed E-state index contributed by atoms with van der Waals surface area (Å²) in [6.45, 7) is 3.73. The van der Waals surface area contributed by atoms with E-state index < -0.39 is 0 Å². The number of carbonyl (C=O) groups is 1. The highest BCUT2D eigenvalue weighted by molar-refractivity contribution is 5.94. The largest absolute Gasteiger partial charge is 0.393 e. The maximum absolute atomic E-state index is 11.4. The number of nitrogen functional groups attached to an aromatic ring is 1. The highest BCUT2D eigenvalue weighted by Gasteiger charge is 2.09. The normalized spacial score (nSPS) is 10.5. The number of aromatic nitrogens is 2. The van der Waals surface area contributed by atoms with Crippen molar-refractivity contribution in [2.45, 2.75) is 33.1 Å². The molecule has 1 heterocycles. The maximum Gasteiger partial charge on any atom is 0.159 e. The molecule has 0 aliphatic carbocycles.